The van der Waals surface area contributed by atoms with E-state index < -0.39 is 0 Å². The summed E-state index contributed by atoms with van der Waals surface area (Å²) in [5, 5.41) is 0. The summed E-state index contributed by atoms with van der Waals surface area (Å²) in [4.78, 5) is 11.5. The van der Waals surface area contributed by atoms with Crippen molar-refractivity contribution < 1.29 is 4.79 Å². The average molecular weight is 220 g/mol. The van der Waals surface area contributed by atoms with Crippen molar-refractivity contribution in [1.29, 1.82) is 0 Å². The monoisotopic (exact) mass is 220 g/mol. The van der Waals surface area contributed by atoms with E-state index >= 15 is 0 Å². The molecule has 0 bridgehead atoms. The van der Waals surface area contributed by atoms with Gasteiger partial charge in [0.25, 0.3) is 0 Å². The van der Waals surface area contributed by atoms with Crippen molar-refractivity contribution in [3.63, 3.8) is 0 Å². The Morgan fingerprint density at radius 2 is 2.12 bits per heavy atom. The van der Waals surface area contributed by atoms with Gasteiger partial charge in [0.1, 0.15) is 0 Å². The Kier molecular flexibility index (Phi) is 4.98. The highest BCUT2D eigenvalue weighted by molar-refractivity contribution is 5.95. The number of unbranched alkanes of at least 4 members (excludes halogenated alkanes) is 1. The molecule has 1 nitrogen and oxygen atoms in total. The maximum atomic E-state index is 11.5. The number of hydrogen-bond donors (Lipinski definition) is 0. The predicted molar refractivity (Wildman–Crippen MR) is 69.4 cm³/mol. The van der Waals surface area contributed by atoms with Crippen molar-refractivity contribution >= 4 is 5.78 Å². The summed E-state index contributed by atoms with van der Waals surface area (Å²) in [7, 11) is 0. The molecule has 0 N–H and O–H groups in total. The van der Waals surface area contributed by atoms with Crippen molar-refractivity contribution in [2.75, 3.05) is 0 Å². The van der Waals surface area contributed by atoms with Crippen LogP contribution in [-0.2, 0) is 4.79 Å². The molecule has 0 aromatic heterocycles. The van der Waals surface area contributed by atoms with Crippen LogP contribution in [0.3, 0.4) is 0 Å². The van der Waals surface area contributed by atoms with Crippen LogP contribution in [0.2, 0.25) is 0 Å². The van der Waals surface area contributed by atoms with Crippen LogP contribution in [0, 0.1) is 5.41 Å². The highest BCUT2D eigenvalue weighted by Gasteiger charge is 2.12. The Hall–Kier alpha value is -0.850. The minimum Gasteiger partial charge on any atom is -0.295 e. The molecule has 1 heteroatoms. The molecule has 1 rings (SSSR count). The van der Waals surface area contributed by atoms with Gasteiger partial charge in [-0.3, -0.25) is 4.79 Å². The molecule has 1 aliphatic carbocycles. The van der Waals surface area contributed by atoms with Gasteiger partial charge in [-0.05, 0) is 43.1 Å². The van der Waals surface area contributed by atoms with Crippen molar-refractivity contribution in [3.05, 3.63) is 23.8 Å². The number of carbonyl (C=O) groups excluding carboxylic acids is 1. The standard InChI is InChI=1S/C15H24O/c1-15(2,3)12-8-4-5-9-13-10-6-7-11-14(13)16/h8,10,12H,4-7,9,11H2,1-3H3/b12-8+. The summed E-state index contributed by atoms with van der Waals surface area (Å²) in [5.41, 5.74) is 1.36. The Morgan fingerprint density at radius 3 is 2.75 bits per heavy atom. The smallest absolute Gasteiger partial charge is 0.158 e. The first-order valence-electron chi connectivity index (χ1n) is 6.39. The van der Waals surface area contributed by atoms with Crippen LogP contribution >= 0.6 is 0 Å². The Labute approximate surface area is 99.6 Å². The van der Waals surface area contributed by atoms with Crippen LogP contribution in [0.5, 0.6) is 0 Å². The number of allylic oxidation sites excluding steroid dienone is 4. The fourth-order valence-corrected chi connectivity index (χ4v) is 1.90. The van der Waals surface area contributed by atoms with E-state index in [1.165, 1.54) is 0 Å². The zero-order valence-corrected chi connectivity index (χ0v) is 10.9. The summed E-state index contributed by atoms with van der Waals surface area (Å²) in [6.45, 7) is 6.62. The van der Waals surface area contributed by atoms with Gasteiger partial charge >= 0.3 is 0 Å². The van der Waals surface area contributed by atoms with Crippen LogP contribution in [0.15, 0.2) is 23.8 Å². The lowest BCUT2D eigenvalue weighted by atomic mass is 9.93. The fraction of sp³-hybridized carbons (Fsp3) is 0.667. The first kappa shape index (κ1) is 13.2. The van der Waals surface area contributed by atoms with E-state index in [4.69, 9.17) is 0 Å². The molecule has 0 radical (unpaired) electrons. The summed E-state index contributed by atoms with van der Waals surface area (Å²) < 4.78 is 0. The van der Waals surface area contributed by atoms with Gasteiger partial charge in [-0.2, -0.15) is 0 Å². The number of Topliss-reactive ketones (excluding diaryl/α,β-unsaturated/α-hetero) is 1. The van der Waals surface area contributed by atoms with Gasteiger partial charge in [-0.1, -0.05) is 39.0 Å². The second-order valence-electron chi connectivity index (χ2n) is 5.71. The minimum absolute atomic E-state index is 0.278. The summed E-state index contributed by atoms with van der Waals surface area (Å²) >= 11 is 0. The minimum atomic E-state index is 0.278. The molecule has 0 unspecified atom stereocenters. The fourth-order valence-electron chi connectivity index (χ4n) is 1.90. The average Bonchev–Trinajstić information content (AvgIpc) is 2.18. The second-order valence-corrected chi connectivity index (χ2v) is 5.71. The molecule has 0 spiro atoms. The highest BCUT2D eigenvalue weighted by atomic mass is 16.1. The highest BCUT2D eigenvalue weighted by Crippen LogP contribution is 2.20. The summed E-state index contributed by atoms with van der Waals surface area (Å²) in [6, 6.07) is 0. The number of rotatable bonds is 4. The van der Waals surface area contributed by atoms with Crippen LogP contribution < -0.4 is 0 Å². The molecule has 0 saturated carbocycles. The van der Waals surface area contributed by atoms with Crippen LogP contribution in [0.4, 0.5) is 0 Å². The molecule has 0 fully saturated rings. The first-order chi connectivity index (χ1) is 7.49. The van der Waals surface area contributed by atoms with E-state index in [0.29, 0.717) is 5.78 Å². The molecule has 16 heavy (non-hydrogen) atoms. The zero-order chi connectivity index (χ0) is 12.0. The molecule has 0 saturated heterocycles. The molecular weight excluding hydrogens is 196 g/mol. The molecular formula is C15H24O. The molecule has 0 aromatic carbocycles. The van der Waals surface area contributed by atoms with Crippen LogP contribution in [0.25, 0.3) is 0 Å². The number of ketones is 1. The quantitative estimate of drug-likeness (QED) is 0.505. The lowest BCUT2D eigenvalue weighted by Gasteiger charge is -2.12. The van der Waals surface area contributed by atoms with Gasteiger partial charge in [0.15, 0.2) is 5.78 Å². The lowest BCUT2D eigenvalue weighted by Crippen LogP contribution is -2.06. The molecule has 0 aromatic rings. The molecule has 0 atom stereocenters. The van der Waals surface area contributed by atoms with Gasteiger partial charge in [0.2, 0.25) is 0 Å². The second kappa shape index (κ2) is 6.03. The Balaban J connectivity index is 2.23. The maximum absolute atomic E-state index is 11.5. The maximum Gasteiger partial charge on any atom is 0.158 e. The van der Waals surface area contributed by atoms with E-state index in [0.717, 1.165) is 44.1 Å². The largest absolute Gasteiger partial charge is 0.295 e. The van der Waals surface area contributed by atoms with Crippen molar-refractivity contribution in [2.24, 2.45) is 5.41 Å². The SMILES string of the molecule is CC(C)(C)/C=C/CCCC1=CCCCC1=O. The molecule has 0 aliphatic heterocycles. The van der Waals surface area contributed by atoms with Crippen molar-refractivity contribution in [3.8, 4) is 0 Å². The third-order valence-corrected chi connectivity index (χ3v) is 2.79. The Bertz CT molecular complexity index is 289. The van der Waals surface area contributed by atoms with Gasteiger partial charge < -0.3 is 0 Å². The van der Waals surface area contributed by atoms with Crippen LogP contribution in [-0.4, -0.2) is 5.78 Å². The molecule has 0 amide bonds. The van der Waals surface area contributed by atoms with E-state index in [2.05, 4.69) is 39.0 Å². The molecule has 90 valence electrons. The van der Waals surface area contributed by atoms with E-state index in [-0.39, 0.29) is 5.41 Å². The molecule has 1 aliphatic rings. The third-order valence-electron chi connectivity index (χ3n) is 2.79. The topological polar surface area (TPSA) is 17.1 Å². The Morgan fingerprint density at radius 1 is 1.38 bits per heavy atom. The predicted octanol–water partition coefficient (Wildman–Crippen LogP) is 4.44. The van der Waals surface area contributed by atoms with E-state index in [1.807, 2.05) is 0 Å². The van der Waals surface area contributed by atoms with Gasteiger partial charge in [-0.15, -0.1) is 0 Å². The van der Waals surface area contributed by atoms with Gasteiger partial charge in [0.05, 0.1) is 0 Å². The van der Waals surface area contributed by atoms with Gasteiger partial charge in [-0.25, -0.2) is 0 Å². The number of hydrogen-bond acceptors (Lipinski definition) is 1. The lowest BCUT2D eigenvalue weighted by molar-refractivity contribution is -0.116. The first-order valence-corrected chi connectivity index (χ1v) is 6.39. The summed E-state index contributed by atoms with van der Waals surface area (Å²) in [5.74, 6) is 0.381. The normalized spacial score (nSPS) is 17.9. The van der Waals surface area contributed by atoms with E-state index in [1.54, 1.807) is 0 Å². The molecule has 0 heterocycles. The number of carbonyl (C=O) groups is 1. The van der Waals surface area contributed by atoms with E-state index in [9.17, 15) is 4.79 Å². The van der Waals surface area contributed by atoms with Crippen molar-refractivity contribution in [2.45, 2.75) is 59.3 Å². The summed E-state index contributed by atoms with van der Waals surface area (Å²) in [6.07, 6.45) is 12.7. The van der Waals surface area contributed by atoms with Crippen LogP contribution in [0.1, 0.15) is 59.3 Å². The van der Waals surface area contributed by atoms with Crippen molar-refractivity contribution in [1.82, 2.24) is 0 Å². The zero-order valence-electron chi connectivity index (χ0n) is 10.9. The van der Waals surface area contributed by atoms with Gasteiger partial charge in [0, 0.05) is 6.42 Å². The third kappa shape index (κ3) is 5.29.